The maximum Gasteiger partial charge on any atom is 0.0820 e. The lowest BCUT2D eigenvalue weighted by atomic mass is 10.0. The molecule has 84 valence electrons. The minimum absolute atomic E-state index is 0.240. The number of pyridine rings is 1. The number of aliphatic hydroxyl groups is 1. The SMILES string of the molecule is CCC(CCO)CNc1ccncc1Cl. The van der Waals surface area contributed by atoms with Crippen LogP contribution in [-0.4, -0.2) is 23.2 Å². The highest BCUT2D eigenvalue weighted by Crippen LogP contribution is 2.20. The van der Waals surface area contributed by atoms with Gasteiger partial charge < -0.3 is 10.4 Å². The normalized spacial score (nSPS) is 12.5. The first-order valence-electron chi connectivity index (χ1n) is 5.22. The minimum atomic E-state index is 0.240. The Kier molecular flexibility index (Phi) is 5.43. The van der Waals surface area contributed by atoms with Crippen LogP contribution in [0.25, 0.3) is 0 Å². The van der Waals surface area contributed by atoms with Crippen molar-refractivity contribution in [3.63, 3.8) is 0 Å². The Labute approximate surface area is 95.5 Å². The van der Waals surface area contributed by atoms with E-state index in [1.807, 2.05) is 6.07 Å². The lowest BCUT2D eigenvalue weighted by Gasteiger charge is -2.15. The molecular weight excluding hydrogens is 212 g/mol. The Morgan fingerprint density at radius 1 is 1.60 bits per heavy atom. The fourth-order valence-corrected chi connectivity index (χ4v) is 1.59. The number of hydrogen-bond donors (Lipinski definition) is 2. The summed E-state index contributed by atoms with van der Waals surface area (Å²) in [5, 5.41) is 12.8. The van der Waals surface area contributed by atoms with Crippen LogP contribution < -0.4 is 5.32 Å². The molecule has 1 aromatic rings. The monoisotopic (exact) mass is 228 g/mol. The summed E-state index contributed by atoms with van der Waals surface area (Å²) in [6, 6.07) is 1.86. The second-order valence-corrected chi connectivity index (χ2v) is 3.93. The highest BCUT2D eigenvalue weighted by molar-refractivity contribution is 6.33. The van der Waals surface area contributed by atoms with Gasteiger partial charge in [0.2, 0.25) is 0 Å². The largest absolute Gasteiger partial charge is 0.396 e. The third-order valence-corrected chi connectivity index (χ3v) is 2.77. The first-order valence-corrected chi connectivity index (χ1v) is 5.60. The molecule has 1 aromatic heterocycles. The van der Waals surface area contributed by atoms with Gasteiger partial charge in [0.1, 0.15) is 0 Å². The molecule has 1 unspecified atom stereocenters. The van der Waals surface area contributed by atoms with Gasteiger partial charge in [-0.2, -0.15) is 0 Å². The van der Waals surface area contributed by atoms with Crippen LogP contribution in [-0.2, 0) is 0 Å². The molecule has 0 saturated heterocycles. The molecule has 0 aliphatic heterocycles. The number of rotatable bonds is 6. The standard InChI is InChI=1S/C11H17ClN2O/c1-2-9(4-6-15)7-14-11-3-5-13-8-10(11)12/h3,5,8-9,15H,2,4,6-7H2,1H3,(H,13,14). The van der Waals surface area contributed by atoms with Crippen molar-refractivity contribution < 1.29 is 5.11 Å². The van der Waals surface area contributed by atoms with Gasteiger partial charge in [0.15, 0.2) is 0 Å². The van der Waals surface area contributed by atoms with E-state index >= 15 is 0 Å². The Balaban J connectivity index is 2.45. The molecule has 0 saturated carbocycles. The van der Waals surface area contributed by atoms with Gasteiger partial charge in [0, 0.05) is 25.5 Å². The fourth-order valence-electron chi connectivity index (χ4n) is 1.41. The lowest BCUT2D eigenvalue weighted by Crippen LogP contribution is -2.15. The van der Waals surface area contributed by atoms with E-state index in [2.05, 4.69) is 17.2 Å². The summed E-state index contributed by atoms with van der Waals surface area (Å²) in [4.78, 5) is 3.92. The van der Waals surface area contributed by atoms with Gasteiger partial charge in [0.05, 0.1) is 10.7 Å². The van der Waals surface area contributed by atoms with Gasteiger partial charge in [0.25, 0.3) is 0 Å². The zero-order valence-electron chi connectivity index (χ0n) is 8.91. The van der Waals surface area contributed by atoms with Crippen LogP contribution in [0.4, 0.5) is 5.69 Å². The number of nitrogens with one attached hydrogen (secondary N) is 1. The molecule has 4 heteroatoms. The first-order chi connectivity index (χ1) is 7.27. The number of aromatic nitrogens is 1. The molecule has 0 aliphatic carbocycles. The van der Waals surface area contributed by atoms with E-state index in [1.165, 1.54) is 0 Å². The minimum Gasteiger partial charge on any atom is -0.396 e. The van der Waals surface area contributed by atoms with Gasteiger partial charge in [-0.25, -0.2) is 0 Å². The molecule has 0 fully saturated rings. The van der Waals surface area contributed by atoms with Crippen LogP contribution in [0.2, 0.25) is 5.02 Å². The van der Waals surface area contributed by atoms with E-state index in [0.29, 0.717) is 10.9 Å². The van der Waals surface area contributed by atoms with Crippen LogP contribution in [0.1, 0.15) is 19.8 Å². The maximum absolute atomic E-state index is 8.86. The van der Waals surface area contributed by atoms with E-state index in [-0.39, 0.29) is 6.61 Å². The zero-order valence-corrected chi connectivity index (χ0v) is 9.67. The van der Waals surface area contributed by atoms with Crippen molar-refractivity contribution in [2.75, 3.05) is 18.5 Å². The van der Waals surface area contributed by atoms with E-state index in [1.54, 1.807) is 12.4 Å². The van der Waals surface area contributed by atoms with Crippen LogP contribution >= 0.6 is 11.6 Å². The summed E-state index contributed by atoms with van der Waals surface area (Å²) < 4.78 is 0. The predicted molar refractivity (Wildman–Crippen MR) is 63.2 cm³/mol. The van der Waals surface area contributed by atoms with E-state index in [9.17, 15) is 0 Å². The number of anilines is 1. The quantitative estimate of drug-likeness (QED) is 0.787. The lowest BCUT2D eigenvalue weighted by molar-refractivity contribution is 0.258. The van der Waals surface area contributed by atoms with Gasteiger partial charge in [-0.1, -0.05) is 24.9 Å². The van der Waals surface area contributed by atoms with Crippen LogP contribution in [0.5, 0.6) is 0 Å². The number of halogens is 1. The van der Waals surface area contributed by atoms with Crippen molar-refractivity contribution in [1.82, 2.24) is 4.98 Å². The van der Waals surface area contributed by atoms with Crippen molar-refractivity contribution in [3.05, 3.63) is 23.5 Å². The molecular formula is C11H17ClN2O. The van der Waals surface area contributed by atoms with E-state index in [4.69, 9.17) is 16.7 Å². The summed E-state index contributed by atoms with van der Waals surface area (Å²) in [5.41, 5.74) is 0.906. The molecule has 2 N–H and O–H groups in total. The van der Waals surface area contributed by atoms with Crippen LogP contribution in [0.15, 0.2) is 18.5 Å². The Hall–Kier alpha value is -0.800. The van der Waals surface area contributed by atoms with Crippen molar-refractivity contribution >= 4 is 17.3 Å². The molecule has 0 aromatic carbocycles. The van der Waals surface area contributed by atoms with Crippen molar-refractivity contribution in [2.45, 2.75) is 19.8 Å². The predicted octanol–water partition coefficient (Wildman–Crippen LogP) is 2.56. The average Bonchev–Trinajstić information content (AvgIpc) is 2.26. The van der Waals surface area contributed by atoms with Crippen molar-refractivity contribution in [3.8, 4) is 0 Å². The smallest absolute Gasteiger partial charge is 0.0820 e. The molecule has 1 heterocycles. The summed E-state index contributed by atoms with van der Waals surface area (Å²) >= 11 is 5.95. The second kappa shape index (κ2) is 6.64. The van der Waals surface area contributed by atoms with Crippen molar-refractivity contribution in [2.24, 2.45) is 5.92 Å². The van der Waals surface area contributed by atoms with E-state index in [0.717, 1.165) is 25.1 Å². The van der Waals surface area contributed by atoms with E-state index < -0.39 is 0 Å². The molecule has 0 amide bonds. The Bertz CT molecular complexity index is 294. The number of aliphatic hydroxyl groups excluding tert-OH is 1. The van der Waals surface area contributed by atoms with Gasteiger partial charge in [-0.15, -0.1) is 0 Å². The topological polar surface area (TPSA) is 45.1 Å². The van der Waals surface area contributed by atoms with Crippen LogP contribution in [0.3, 0.4) is 0 Å². The van der Waals surface area contributed by atoms with Crippen molar-refractivity contribution in [1.29, 1.82) is 0 Å². The fraction of sp³-hybridized carbons (Fsp3) is 0.545. The third kappa shape index (κ3) is 4.06. The van der Waals surface area contributed by atoms with Crippen LogP contribution in [0, 0.1) is 5.92 Å². The summed E-state index contributed by atoms with van der Waals surface area (Å²) in [5.74, 6) is 0.485. The van der Waals surface area contributed by atoms with Gasteiger partial charge >= 0.3 is 0 Å². The Morgan fingerprint density at radius 3 is 3.00 bits per heavy atom. The van der Waals surface area contributed by atoms with Gasteiger partial charge in [-0.05, 0) is 18.4 Å². The molecule has 0 spiro atoms. The third-order valence-electron chi connectivity index (χ3n) is 2.47. The molecule has 15 heavy (non-hydrogen) atoms. The zero-order chi connectivity index (χ0) is 11.1. The molecule has 0 aliphatic rings. The second-order valence-electron chi connectivity index (χ2n) is 3.52. The Morgan fingerprint density at radius 2 is 2.40 bits per heavy atom. The number of hydrogen-bond acceptors (Lipinski definition) is 3. The number of nitrogens with zero attached hydrogens (tertiary/aromatic N) is 1. The molecule has 1 rings (SSSR count). The highest BCUT2D eigenvalue weighted by Gasteiger charge is 2.06. The molecule has 0 bridgehead atoms. The molecule has 3 nitrogen and oxygen atoms in total. The summed E-state index contributed by atoms with van der Waals surface area (Å²) in [6.07, 6.45) is 5.21. The van der Waals surface area contributed by atoms with Gasteiger partial charge in [-0.3, -0.25) is 4.98 Å². The molecule has 1 atom stereocenters. The molecule has 0 radical (unpaired) electrons. The first kappa shape index (κ1) is 12.3. The average molecular weight is 229 g/mol. The summed E-state index contributed by atoms with van der Waals surface area (Å²) in [7, 11) is 0. The highest BCUT2D eigenvalue weighted by atomic mass is 35.5. The summed E-state index contributed by atoms with van der Waals surface area (Å²) in [6.45, 7) is 3.20. The maximum atomic E-state index is 8.86.